The van der Waals surface area contributed by atoms with Crippen LogP contribution in [-0.2, 0) is 0 Å². The highest BCUT2D eigenvalue weighted by atomic mass is 16.5. The minimum Gasteiger partial charge on any atom is -0.497 e. The van der Waals surface area contributed by atoms with Gasteiger partial charge in [0.25, 0.3) is 0 Å². The Bertz CT molecular complexity index is 1060. The van der Waals surface area contributed by atoms with Crippen LogP contribution in [0, 0.1) is 20.8 Å². The zero-order valence-electron chi connectivity index (χ0n) is 17.9. The van der Waals surface area contributed by atoms with Crippen LogP contribution in [0.15, 0.2) is 64.6 Å². The van der Waals surface area contributed by atoms with Crippen molar-refractivity contribution in [1.82, 2.24) is 4.98 Å². The van der Waals surface area contributed by atoms with E-state index in [4.69, 9.17) is 14.7 Å². The standard InChI is InChI=1S/C25H27N3O/c1-16-14-17(2)25(18(3)15-16)27-20(5)24-9-7-8-23(28-24)19(4)26-21-10-12-22(29-6)13-11-21/h7-15H,1-6H3. The second kappa shape index (κ2) is 8.82. The van der Waals surface area contributed by atoms with E-state index in [-0.39, 0.29) is 0 Å². The van der Waals surface area contributed by atoms with Gasteiger partial charge in [0.2, 0.25) is 0 Å². The average Bonchev–Trinajstić information content (AvgIpc) is 2.71. The molecule has 0 spiro atoms. The van der Waals surface area contributed by atoms with Crippen molar-refractivity contribution in [3.05, 3.63) is 82.7 Å². The smallest absolute Gasteiger partial charge is 0.119 e. The predicted octanol–water partition coefficient (Wildman–Crippen LogP) is 6.30. The Kier molecular flexibility index (Phi) is 6.23. The van der Waals surface area contributed by atoms with Gasteiger partial charge in [-0.3, -0.25) is 9.98 Å². The second-order valence-electron chi connectivity index (χ2n) is 7.25. The first-order valence-corrected chi connectivity index (χ1v) is 9.67. The molecule has 0 N–H and O–H groups in total. The van der Waals surface area contributed by atoms with Gasteiger partial charge in [-0.15, -0.1) is 0 Å². The maximum atomic E-state index is 5.20. The van der Waals surface area contributed by atoms with Crippen LogP contribution in [0.2, 0.25) is 0 Å². The molecule has 2 aromatic carbocycles. The maximum absolute atomic E-state index is 5.20. The topological polar surface area (TPSA) is 46.8 Å². The summed E-state index contributed by atoms with van der Waals surface area (Å²) in [5.74, 6) is 0.815. The van der Waals surface area contributed by atoms with Gasteiger partial charge in [0.05, 0.1) is 41.3 Å². The summed E-state index contributed by atoms with van der Waals surface area (Å²) in [5, 5.41) is 0. The molecule has 0 unspecified atom stereocenters. The second-order valence-corrected chi connectivity index (χ2v) is 7.25. The number of aromatic nitrogens is 1. The molecule has 0 radical (unpaired) electrons. The van der Waals surface area contributed by atoms with E-state index in [2.05, 4.69) is 37.9 Å². The van der Waals surface area contributed by atoms with Gasteiger partial charge in [-0.25, -0.2) is 4.98 Å². The Hall–Kier alpha value is -3.27. The van der Waals surface area contributed by atoms with Gasteiger partial charge in [-0.05, 0) is 82.1 Å². The summed E-state index contributed by atoms with van der Waals surface area (Å²) in [7, 11) is 1.66. The molecule has 0 bridgehead atoms. The zero-order chi connectivity index (χ0) is 21.0. The third kappa shape index (κ3) is 4.96. The van der Waals surface area contributed by atoms with Crippen LogP contribution in [0.25, 0.3) is 0 Å². The summed E-state index contributed by atoms with van der Waals surface area (Å²) < 4.78 is 5.20. The van der Waals surface area contributed by atoms with E-state index in [9.17, 15) is 0 Å². The maximum Gasteiger partial charge on any atom is 0.119 e. The third-order valence-electron chi connectivity index (χ3n) is 4.77. The van der Waals surface area contributed by atoms with E-state index < -0.39 is 0 Å². The molecule has 0 aliphatic carbocycles. The monoisotopic (exact) mass is 385 g/mol. The van der Waals surface area contributed by atoms with Gasteiger partial charge in [0.15, 0.2) is 0 Å². The van der Waals surface area contributed by atoms with Gasteiger partial charge in [0.1, 0.15) is 5.75 Å². The molecule has 1 heterocycles. The van der Waals surface area contributed by atoms with Crippen molar-refractivity contribution in [3.8, 4) is 5.75 Å². The fourth-order valence-electron chi connectivity index (χ4n) is 3.32. The van der Waals surface area contributed by atoms with Crippen molar-refractivity contribution in [1.29, 1.82) is 0 Å². The van der Waals surface area contributed by atoms with E-state index in [0.29, 0.717) is 0 Å². The van der Waals surface area contributed by atoms with Crippen molar-refractivity contribution in [2.45, 2.75) is 34.6 Å². The van der Waals surface area contributed by atoms with Crippen LogP contribution < -0.4 is 4.74 Å². The van der Waals surface area contributed by atoms with Gasteiger partial charge in [0, 0.05) is 0 Å². The average molecular weight is 386 g/mol. The molecule has 0 saturated heterocycles. The number of benzene rings is 2. The van der Waals surface area contributed by atoms with E-state index in [1.54, 1.807) is 7.11 Å². The molecular formula is C25H27N3O. The summed E-state index contributed by atoms with van der Waals surface area (Å²) in [4.78, 5) is 14.3. The quantitative estimate of drug-likeness (QED) is 0.484. The fourth-order valence-corrected chi connectivity index (χ4v) is 3.32. The van der Waals surface area contributed by atoms with Crippen LogP contribution in [0.5, 0.6) is 5.75 Å². The number of rotatable bonds is 5. The fraction of sp³-hybridized carbons (Fsp3) is 0.240. The first-order valence-electron chi connectivity index (χ1n) is 9.67. The summed E-state index contributed by atoms with van der Waals surface area (Å²) in [5.41, 5.74) is 8.92. The number of aryl methyl sites for hydroxylation is 3. The Morgan fingerprint density at radius 3 is 1.90 bits per heavy atom. The highest BCUT2D eigenvalue weighted by Crippen LogP contribution is 2.26. The number of hydrogen-bond donors (Lipinski definition) is 0. The molecule has 29 heavy (non-hydrogen) atoms. The van der Waals surface area contributed by atoms with Crippen LogP contribution in [0.3, 0.4) is 0 Å². The van der Waals surface area contributed by atoms with Crippen LogP contribution in [0.1, 0.15) is 41.9 Å². The van der Waals surface area contributed by atoms with Crippen molar-refractivity contribution < 1.29 is 4.74 Å². The van der Waals surface area contributed by atoms with E-state index >= 15 is 0 Å². The molecule has 0 aliphatic rings. The molecule has 0 fully saturated rings. The first kappa shape index (κ1) is 20.5. The van der Waals surface area contributed by atoms with E-state index in [0.717, 1.165) is 39.9 Å². The Morgan fingerprint density at radius 1 is 0.793 bits per heavy atom. The molecule has 3 aromatic rings. The molecule has 3 rings (SSSR count). The normalized spacial score (nSPS) is 12.2. The number of hydrogen-bond acceptors (Lipinski definition) is 4. The molecule has 148 valence electrons. The minimum atomic E-state index is 0.815. The molecule has 1 aromatic heterocycles. The predicted molar refractivity (Wildman–Crippen MR) is 122 cm³/mol. The Balaban J connectivity index is 1.91. The number of aliphatic imine (C=N–C) groups is 2. The van der Waals surface area contributed by atoms with Crippen molar-refractivity contribution in [3.63, 3.8) is 0 Å². The number of nitrogens with zero attached hydrogens (tertiary/aromatic N) is 3. The largest absolute Gasteiger partial charge is 0.497 e. The summed E-state index contributed by atoms with van der Waals surface area (Å²) in [6.45, 7) is 10.3. The van der Waals surface area contributed by atoms with Crippen LogP contribution >= 0.6 is 0 Å². The number of methoxy groups -OCH3 is 1. The highest BCUT2D eigenvalue weighted by Gasteiger charge is 2.07. The lowest BCUT2D eigenvalue weighted by atomic mass is 10.1. The molecule has 0 aliphatic heterocycles. The van der Waals surface area contributed by atoms with E-state index in [1.165, 1.54) is 16.7 Å². The Morgan fingerprint density at radius 2 is 1.34 bits per heavy atom. The Labute approximate surface area is 173 Å². The molecule has 0 saturated carbocycles. The molecule has 4 nitrogen and oxygen atoms in total. The summed E-state index contributed by atoms with van der Waals surface area (Å²) >= 11 is 0. The van der Waals surface area contributed by atoms with Gasteiger partial charge in [-0.1, -0.05) is 23.8 Å². The van der Waals surface area contributed by atoms with Crippen molar-refractivity contribution in [2.75, 3.05) is 7.11 Å². The molecule has 0 amide bonds. The lowest BCUT2D eigenvalue weighted by Crippen LogP contribution is -2.05. The molecule has 0 atom stereocenters. The summed E-state index contributed by atoms with van der Waals surface area (Å²) in [6, 6.07) is 18.0. The van der Waals surface area contributed by atoms with Crippen LogP contribution in [-0.4, -0.2) is 23.5 Å². The third-order valence-corrected chi connectivity index (χ3v) is 4.77. The summed E-state index contributed by atoms with van der Waals surface area (Å²) in [6.07, 6.45) is 0. The van der Waals surface area contributed by atoms with Gasteiger partial charge in [-0.2, -0.15) is 0 Å². The van der Waals surface area contributed by atoms with Crippen LogP contribution in [0.4, 0.5) is 11.4 Å². The highest BCUT2D eigenvalue weighted by molar-refractivity contribution is 6.02. The number of ether oxygens (including phenoxy) is 1. The SMILES string of the molecule is COc1ccc(N=C(C)c2cccc(C(C)=Nc3c(C)cc(C)cc3C)n2)cc1. The zero-order valence-corrected chi connectivity index (χ0v) is 17.9. The minimum absolute atomic E-state index is 0.815. The van der Waals surface area contributed by atoms with Crippen molar-refractivity contribution >= 4 is 22.8 Å². The lowest BCUT2D eigenvalue weighted by molar-refractivity contribution is 0.415. The number of pyridine rings is 1. The molecular weight excluding hydrogens is 358 g/mol. The van der Waals surface area contributed by atoms with Gasteiger partial charge < -0.3 is 4.74 Å². The first-order chi connectivity index (χ1) is 13.9. The molecule has 4 heteroatoms. The van der Waals surface area contributed by atoms with Gasteiger partial charge >= 0.3 is 0 Å². The van der Waals surface area contributed by atoms with Crippen molar-refractivity contribution in [2.24, 2.45) is 9.98 Å². The van der Waals surface area contributed by atoms with E-state index in [1.807, 2.05) is 56.3 Å². The lowest BCUT2D eigenvalue weighted by Gasteiger charge is -2.09.